The SMILES string of the molecule is COc1ccc2c(N)c3c(nc2c1)CC(C)(C)CC3O. The highest BCUT2D eigenvalue weighted by molar-refractivity contribution is 5.93. The minimum absolute atomic E-state index is 0.0401. The highest BCUT2D eigenvalue weighted by Gasteiger charge is 2.34. The maximum atomic E-state index is 10.4. The fourth-order valence-corrected chi connectivity index (χ4v) is 3.12. The molecular weight excluding hydrogens is 252 g/mol. The number of anilines is 1. The first-order valence-corrected chi connectivity index (χ1v) is 6.85. The van der Waals surface area contributed by atoms with Gasteiger partial charge in [-0.25, -0.2) is 0 Å². The van der Waals surface area contributed by atoms with Gasteiger partial charge in [-0.1, -0.05) is 13.8 Å². The van der Waals surface area contributed by atoms with Gasteiger partial charge >= 0.3 is 0 Å². The lowest BCUT2D eigenvalue weighted by Crippen LogP contribution is -2.27. The molecule has 4 heteroatoms. The van der Waals surface area contributed by atoms with Gasteiger partial charge in [0.2, 0.25) is 0 Å². The maximum absolute atomic E-state index is 10.4. The number of aromatic nitrogens is 1. The first kappa shape index (κ1) is 13.2. The third-order valence-electron chi connectivity index (χ3n) is 4.08. The summed E-state index contributed by atoms with van der Waals surface area (Å²) in [6.07, 6.45) is 1.01. The Bertz CT molecular complexity index is 680. The Morgan fingerprint density at radius 3 is 2.85 bits per heavy atom. The standard InChI is InChI=1S/C16H20N2O2/c1-16(2)7-12-14(13(19)8-16)15(17)10-5-4-9(20-3)6-11(10)18-12/h4-6,13,19H,7-8H2,1-3H3,(H2,17,18). The van der Waals surface area contributed by atoms with E-state index in [2.05, 4.69) is 13.8 Å². The van der Waals surface area contributed by atoms with Gasteiger partial charge in [0.25, 0.3) is 0 Å². The number of nitrogens with two attached hydrogens (primary N) is 1. The number of hydrogen-bond acceptors (Lipinski definition) is 4. The Hall–Kier alpha value is -1.81. The van der Waals surface area contributed by atoms with Crippen molar-refractivity contribution in [2.45, 2.75) is 32.8 Å². The van der Waals surface area contributed by atoms with Crippen molar-refractivity contribution in [2.24, 2.45) is 5.41 Å². The molecule has 0 fully saturated rings. The van der Waals surface area contributed by atoms with Crippen LogP contribution in [0.5, 0.6) is 5.75 Å². The molecule has 1 unspecified atom stereocenters. The van der Waals surface area contributed by atoms with Gasteiger partial charge in [-0.2, -0.15) is 0 Å². The van der Waals surface area contributed by atoms with Gasteiger partial charge in [0.1, 0.15) is 5.75 Å². The smallest absolute Gasteiger partial charge is 0.121 e. The molecule has 0 saturated heterocycles. The lowest BCUT2D eigenvalue weighted by atomic mass is 9.74. The lowest BCUT2D eigenvalue weighted by molar-refractivity contribution is 0.0992. The summed E-state index contributed by atoms with van der Waals surface area (Å²) in [5.74, 6) is 0.764. The number of aliphatic hydroxyl groups is 1. The Balaban J connectivity index is 2.26. The molecule has 20 heavy (non-hydrogen) atoms. The van der Waals surface area contributed by atoms with Crippen LogP contribution in [0, 0.1) is 5.41 Å². The van der Waals surface area contributed by atoms with Gasteiger partial charge in [-0.05, 0) is 30.4 Å². The van der Waals surface area contributed by atoms with E-state index in [1.807, 2.05) is 18.2 Å². The number of hydrogen-bond donors (Lipinski definition) is 2. The Labute approximate surface area is 118 Å². The van der Waals surface area contributed by atoms with Gasteiger partial charge < -0.3 is 15.6 Å². The highest BCUT2D eigenvalue weighted by atomic mass is 16.5. The van der Waals surface area contributed by atoms with Crippen molar-refractivity contribution in [1.82, 2.24) is 4.98 Å². The minimum atomic E-state index is -0.534. The van der Waals surface area contributed by atoms with Gasteiger partial charge in [0, 0.05) is 28.4 Å². The predicted molar refractivity (Wildman–Crippen MR) is 79.8 cm³/mol. The summed E-state index contributed by atoms with van der Waals surface area (Å²) in [5, 5.41) is 11.3. The van der Waals surface area contributed by atoms with E-state index in [1.54, 1.807) is 7.11 Å². The van der Waals surface area contributed by atoms with E-state index in [0.29, 0.717) is 12.1 Å². The van der Waals surface area contributed by atoms with Gasteiger partial charge in [0.05, 0.1) is 18.7 Å². The van der Waals surface area contributed by atoms with Crippen molar-refractivity contribution >= 4 is 16.6 Å². The third-order valence-corrected chi connectivity index (χ3v) is 4.08. The van der Waals surface area contributed by atoms with E-state index < -0.39 is 6.10 Å². The third kappa shape index (κ3) is 2.00. The van der Waals surface area contributed by atoms with Crippen molar-refractivity contribution in [3.63, 3.8) is 0 Å². The summed E-state index contributed by atoms with van der Waals surface area (Å²) in [5.41, 5.74) is 9.50. The zero-order chi connectivity index (χ0) is 14.5. The van der Waals surface area contributed by atoms with Crippen LogP contribution < -0.4 is 10.5 Å². The molecule has 1 aromatic heterocycles. The predicted octanol–water partition coefficient (Wildman–Crippen LogP) is 2.83. The van der Waals surface area contributed by atoms with Crippen LogP contribution in [-0.4, -0.2) is 17.2 Å². The van der Waals surface area contributed by atoms with Crippen LogP contribution in [0.25, 0.3) is 10.9 Å². The Morgan fingerprint density at radius 2 is 2.15 bits per heavy atom. The summed E-state index contributed by atoms with van der Waals surface area (Å²) in [7, 11) is 1.63. The zero-order valence-electron chi connectivity index (χ0n) is 12.1. The molecule has 4 nitrogen and oxygen atoms in total. The van der Waals surface area contributed by atoms with Crippen molar-refractivity contribution < 1.29 is 9.84 Å². The monoisotopic (exact) mass is 272 g/mol. The number of pyridine rings is 1. The number of methoxy groups -OCH3 is 1. The summed E-state index contributed by atoms with van der Waals surface area (Å²) in [6.45, 7) is 4.29. The molecule has 1 heterocycles. The number of ether oxygens (including phenoxy) is 1. The maximum Gasteiger partial charge on any atom is 0.121 e. The molecule has 0 aliphatic heterocycles. The van der Waals surface area contributed by atoms with Gasteiger partial charge in [-0.15, -0.1) is 0 Å². The number of fused-ring (bicyclic) bond motifs is 2. The fraction of sp³-hybridized carbons (Fsp3) is 0.438. The quantitative estimate of drug-likeness (QED) is 0.837. The van der Waals surface area contributed by atoms with Crippen molar-refractivity contribution in [2.75, 3.05) is 12.8 Å². The summed E-state index contributed by atoms with van der Waals surface area (Å²) < 4.78 is 5.24. The van der Waals surface area contributed by atoms with E-state index >= 15 is 0 Å². The second-order valence-electron chi connectivity index (χ2n) is 6.33. The van der Waals surface area contributed by atoms with Crippen LogP contribution in [0.4, 0.5) is 5.69 Å². The molecule has 1 aromatic carbocycles. The summed E-state index contributed by atoms with van der Waals surface area (Å²) >= 11 is 0. The van der Waals surface area contributed by atoms with E-state index in [9.17, 15) is 5.11 Å². The fourth-order valence-electron chi connectivity index (χ4n) is 3.12. The largest absolute Gasteiger partial charge is 0.497 e. The van der Waals surface area contributed by atoms with E-state index in [0.717, 1.165) is 34.3 Å². The molecule has 0 saturated carbocycles. The number of aliphatic hydroxyl groups excluding tert-OH is 1. The number of rotatable bonds is 1. The average molecular weight is 272 g/mol. The van der Waals surface area contributed by atoms with E-state index in [4.69, 9.17) is 15.5 Å². The number of nitrogen functional groups attached to an aromatic ring is 1. The molecule has 1 atom stereocenters. The molecule has 3 rings (SSSR count). The van der Waals surface area contributed by atoms with Crippen LogP contribution in [0.15, 0.2) is 18.2 Å². The Morgan fingerprint density at radius 1 is 1.40 bits per heavy atom. The van der Waals surface area contributed by atoms with E-state index in [1.165, 1.54) is 0 Å². The minimum Gasteiger partial charge on any atom is -0.497 e. The van der Waals surface area contributed by atoms with Gasteiger partial charge in [-0.3, -0.25) is 4.98 Å². The number of nitrogens with zero attached hydrogens (tertiary/aromatic N) is 1. The van der Waals surface area contributed by atoms with Crippen molar-refractivity contribution in [3.8, 4) is 5.75 Å². The summed E-state index contributed by atoms with van der Waals surface area (Å²) in [6, 6.07) is 5.66. The van der Waals surface area contributed by atoms with Gasteiger partial charge in [0.15, 0.2) is 0 Å². The average Bonchev–Trinajstić information content (AvgIpc) is 2.35. The van der Waals surface area contributed by atoms with Crippen molar-refractivity contribution in [3.05, 3.63) is 29.5 Å². The first-order valence-electron chi connectivity index (χ1n) is 6.85. The molecule has 1 aliphatic rings. The highest BCUT2D eigenvalue weighted by Crippen LogP contribution is 2.44. The summed E-state index contributed by atoms with van der Waals surface area (Å²) in [4.78, 5) is 4.71. The molecule has 0 spiro atoms. The zero-order valence-corrected chi connectivity index (χ0v) is 12.1. The molecule has 0 radical (unpaired) electrons. The molecule has 0 bridgehead atoms. The van der Waals surface area contributed by atoms with Crippen LogP contribution >= 0.6 is 0 Å². The van der Waals surface area contributed by atoms with Crippen LogP contribution in [0.1, 0.15) is 37.6 Å². The molecule has 106 valence electrons. The van der Waals surface area contributed by atoms with Crippen LogP contribution in [0.3, 0.4) is 0 Å². The lowest BCUT2D eigenvalue weighted by Gasteiger charge is -2.34. The Kier molecular flexibility index (Phi) is 2.87. The molecule has 2 aromatic rings. The molecule has 0 amide bonds. The van der Waals surface area contributed by atoms with Crippen LogP contribution in [0.2, 0.25) is 0 Å². The topological polar surface area (TPSA) is 68.4 Å². The van der Waals surface area contributed by atoms with E-state index in [-0.39, 0.29) is 5.41 Å². The molecule has 3 N–H and O–H groups in total. The normalized spacial score (nSPS) is 20.7. The molecule has 1 aliphatic carbocycles. The molecular formula is C16H20N2O2. The van der Waals surface area contributed by atoms with Crippen LogP contribution in [-0.2, 0) is 6.42 Å². The second kappa shape index (κ2) is 4.35. The second-order valence-corrected chi connectivity index (χ2v) is 6.33. The van der Waals surface area contributed by atoms with Crippen molar-refractivity contribution in [1.29, 1.82) is 0 Å². The number of benzene rings is 1. The first-order chi connectivity index (χ1) is 9.41.